The maximum Gasteiger partial charge on any atom is 0.323 e. The number of aryl methyl sites for hydroxylation is 1. The summed E-state index contributed by atoms with van der Waals surface area (Å²) in [6, 6.07) is 5.31. The molecule has 7 nitrogen and oxygen atoms in total. The molecule has 0 radical (unpaired) electrons. The number of hydrogen-bond acceptors (Lipinski definition) is 6. The number of hydrogen-bond donors (Lipinski definition) is 2. The molecule has 0 bridgehead atoms. The minimum absolute atomic E-state index is 0.165. The molecule has 1 aromatic rings. The minimum atomic E-state index is -3.61. The van der Waals surface area contributed by atoms with E-state index in [2.05, 4.69) is 10.6 Å². The number of carbonyl (C=O) groups excluding carboxylic acids is 2. The van der Waals surface area contributed by atoms with Crippen molar-refractivity contribution < 1.29 is 22.7 Å². The number of carbonyl (C=O) groups is 2. The van der Waals surface area contributed by atoms with E-state index in [4.69, 9.17) is 4.74 Å². The van der Waals surface area contributed by atoms with Crippen LogP contribution in [0.3, 0.4) is 0 Å². The molecule has 0 aromatic heterocycles. The van der Waals surface area contributed by atoms with Gasteiger partial charge in [0.2, 0.25) is 5.91 Å². The molecule has 1 aliphatic rings. The fraction of sp³-hybridized carbons (Fsp3) is 0.529. The smallest absolute Gasteiger partial charge is 0.323 e. The number of sulfone groups is 1. The average molecular weight is 368 g/mol. The molecule has 2 atom stereocenters. The van der Waals surface area contributed by atoms with Crippen molar-refractivity contribution in [3.05, 3.63) is 29.8 Å². The molecular formula is C17H24N2O5S. The van der Waals surface area contributed by atoms with Crippen molar-refractivity contribution in [2.24, 2.45) is 0 Å². The van der Waals surface area contributed by atoms with Crippen molar-refractivity contribution in [3.8, 4) is 0 Å². The summed E-state index contributed by atoms with van der Waals surface area (Å²) in [5, 5.41) is 5.44. The number of rotatable bonds is 8. The molecule has 138 valence electrons. The lowest BCUT2D eigenvalue weighted by Crippen LogP contribution is -2.50. The molecule has 8 heteroatoms. The predicted octanol–water partition coefficient (Wildman–Crippen LogP) is 0.916. The van der Waals surface area contributed by atoms with Crippen LogP contribution in [0.5, 0.6) is 0 Å². The number of benzene rings is 1. The molecule has 2 rings (SSSR count). The van der Waals surface area contributed by atoms with E-state index in [1.165, 1.54) is 12.1 Å². The van der Waals surface area contributed by atoms with E-state index in [9.17, 15) is 18.0 Å². The standard InChI is InChI=1S/C17H24N2O5S/c1-3-4-14(19-15-9-10-24-17(15)21)16(20)18-11-25(22,23)13-7-5-12(2)6-8-13/h5-8,14-15,19H,3-4,9-11H2,1-2H3,(H,18,20)/t14-,15+/m1/s1. The van der Waals surface area contributed by atoms with Crippen LogP contribution in [-0.4, -0.2) is 44.9 Å². The average Bonchev–Trinajstić information content (AvgIpc) is 2.98. The Morgan fingerprint density at radius 1 is 1.32 bits per heavy atom. The summed E-state index contributed by atoms with van der Waals surface area (Å²) in [7, 11) is -3.61. The van der Waals surface area contributed by atoms with E-state index < -0.39 is 33.7 Å². The number of cyclic esters (lactones) is 1. The first-order valence-corrected chi connectivity index (χ1v) is 9.98. The van der Waals surface area contributed by atoms with Gasteiger partial charge in [0.05, 0.1) is 17.5 Å². The Kier molecular flexibility index (Phi) is 6.55. The van der Waals surface area contributed by atoms with E-state index in [0.717, 1.165) is 12.0 Å². The zero-order chi connectivity index (χ0) is 18.4. The van der Waals surface area contributed by atoms with Gasteiger partial charge >= 0.3 is 5.97 Å². The highest BCUT2D eigenvalue weighted by atomic mass is 32.2. The normalized spacial score (nSPS) is 18.6. The molecule has 1 amide bonds. The fourth-order valence-corrected chi connectivity index (χ4v) is 3.64. The van der Waals surface area contributed by atoms with Crippen LogP contribution in [0.15, 0.2) is 29.2 Å². The summed E-state index contributed by atoms with van der Waals surface area (Å²) < 4.78 is 29.5. The van der Waals surface area contributed by atoms with Crippen LogP contribution in [0.25, 0.3) is 0 Å². The lowest BCUT2D eigenvalue weighted by atomic mass is 10.1. The summed E-state index contributed by atoms with van der Waals surface area (Å²) >= 11 is 0. The maximum atomic E-state index is 12.4. The predicted molar refractivity (Wildman–Crippen MR) is 92.6 cm³/mol. The van der Waals surface area contributed by atoms with Gasteiger partial charge in [0.25, 0.3) is 0 Å². The third-order valence-electron chi connectivity index (χ3n) is 4.05. The summed E-state index contributed by atoms with van der Waals surface area (Å²) in [5.74, 6) is -1.29. The zero-order valence-electron chi connectivity index (χ0n) is 14.4. The van der Waals surface area contributed by atoms with Crippen LogP contribution >= 0.6 is 0 Å². The molecular weight excluding hydrogens is 344 g/mol. The maximum absolute atomic E-state index is 12.4. The second-order valence-corrected chi connectivity index (χ2v) is 8.12. The van der Waals surface area contributed by atoms with Crippen LogP contribution in [0.4, 0.5) is 0 Å². The highest BCUT2D eigenvalue weighted by molar-refractivity contribution is 7.91. The van der Waals surface area contributed by atoms with Crippen LogP contribution in [-0.2, 0) is 24.2 Å². The van der Waals surface area contributed by atoms with Gasteiger partial charge in [0.1, 0.15) is 11.9 Å². The first-order chi connectivity index (χ1) is 11.8. The van der Waals surface area contributed by atoms with E-state index in [-0.39, 0.29) is 10.9 Å². The molecule has 2 N–H and O–H groups in total. The van der Waals surface area contributed by atoms with Crippen molar-refractivity contribution in [2.45, 2.75) is 50.1 Å². The molecule has 25 heavy (non-hydrogen) atoms. The van der Waals surface area contributed by atoms with Crippen LogP contribution < -0.4 is 10.6 Å². The van der Waals surface area contributed by atoms with Gasteiger partial charge in [-0.15, -0.1) is 0 Å². The highest BCUT2D eigenvalue weighted by Crippen LogP contribution is 2.12. The monoisotopic (exact) mass is 368 g/mol. The number of esters is 1. The third-order valence-corrected chi connectivity index (χ3v) is 5.56. The first-order valence-electron chi connectivity index (χ1n) is 8.33. The van der Waals surface area contributed by atoms with Crippen molar-refractivity contribution in [3.63, 3.8) is 0 Å². The Labute approximate surface area is 148 Å². The van der Waals surface area contributed by atoms with E-state index in [1.807, 2.05) is 13.8 Å². The summed E-state index contributed by atoms with van der Waals surface area (Å²) in [6.45, 7) is 4.12. The van der Waals surface area contributed by atoms with Gasteiger partial charge in [-0.3, -0.25) is 14.9 Å². The molecule has 1 fully saturated rings. The van der Waals surface area contributed by atoms with Gasteiger partial charge in [0, 0.05) is 6.42 Å². The summed E-state index contributed by atoms with van der Waals surface area (Å²) in [6.07, 6.45) is 1.73. The van der Waals surface area contributed by atoms with Gasteiger partial charge in [0.15, 0.2) is 9.84 Å². The number of ether oxygens (including phenoxy) is 1. The van der Waals surface area contributed by atoms with Crippen LogP contribution in [0.2, 0.25) is 0 Å². The SMILES string of the molecule is CCC[C@@H](N[C@H]1CCOC1=O)C(=O)NCS(=O)(=O)c1ccc(C)cc1. The van der Waals surface area contributed by atoms with Crippen molar-refractivity contribution in [1.82, 2.24) is 10.6 Å². The Morgan fingerprint density at radius 3 is 2.56 bits per heavy atom. The van der Waals surface area contributed by atoms with Crippen LogP contribution in [0, 0.1) is 6.92 Å². The summed E-state index contributed by atoms with van der Waals surface area (Å²) in [5.41, 5.74) is 0.957. The van der Waals surface area contributed by atoms with Crippen molar-refractivity contribution in [1.29, 1.82) is 0 Å². The summed E-state index contributed by atoms with van der Waals surface area (Å²) in [4.78, 5) is 24.1. The lowest BCUT2D eigenvalue weighted by Gasteiger charge is -2.20. The van der Waals surface area contributed by atoms with E-state index in [1.54, 1.807) is 12.1 Å². The molecule has 1 heterocycles. The van der Waals surface area contributed by atoms with Gasteiger partial charge in [-0.05, 0) is 25.5 Å². The van der Waals surface area contributed by atoms with Gasteiger partial charge < -0.3 is 10.1 Å². The minimum Gasteiger partial charge on any atom is -0.464 e. The Hall–Kier alpha value is -1.93. The van der Waals surface area contributed by atoms with Gasteiger partial charge in [-0.2, -0.15) is 0 Å². The topological polar surface area (TPSA) is 102 Å². The van der Waals surface area contributed by atoms with E-state index >= 15 is 0 Å². The van der Waals surface area contributed by atoms with Gasteiger partial charge in [-0.25, -0.2) is 8.42 Å². The van der Waals surface area contributed by atoms with Crippen molar-refractivity contribution >= 4 is 21.7 Å². The second kappa shape index (κ2) is 8.44. The molecule has 0 saturated carbocycles. The molecule has 0 spiro atoms. The highest BCUT2D eigenvalue weighted by Gasteiger charge is 2.31. The molecule has 1 saturated heterocycles. The Morgan fingerprint density at radius 2 is 2.00 bits per heavy atom. The van der Waals surface area contributed by atoms with Crippen molar-refractivity contribution in [2.75, 3.05) is 12.5 Å². The van der Waals surface area contributed by atoms with Gasteiger partial charge in [-0.1, -0.05) is 31.0 Å². The zero-order valence-corrected chi connectivity index (χ0v) is 15.3. The molecule has 0 aliphatic carbocycles. The largest absolute Gasteiger partial charge is 0.464 e. The molecule has 0 unspecified atom stereocenters. The first kappa shape index (κ1) is 19.4. The lowest BCUT2D eigenvalue weighted by molar-refractivity contribution is -0.140. The molecule has 1 aliphatic heterocycles. The Balaban J connectivity index is 1.97. The number of amides is 1. The third kappa shape index (κ3) is 5.27. The molecule has 1 aromatic carbocycles. The van der Waals surface area contributed by atoms with Crippen LogP contribution in [0.1, 0.15) is 31.7 Å². The quantitative estimate of drug-likeness (QED) is 0.662. The second-order valence-electron chi connectivity index (χ2n) is 6.13. The van der Waals surface area contributed by atoms with E-state index in [0.29, 0.717) is 19.4 Å². The fourth-order valence-electron chi connectivity index (χ4n) is 2.59. The number of nitrogens with one attached hydrogen (secondary N) is 2. The Bertz CT molecular complexity index is 715.